The summed E-state index contributed by atoms with van der Waals surface area (Å²) < 4.78 is 2.05. The summed E-state index contributed by atoms with van der Waals surface area (Å²) >= 11 is 12.1. The van der Waals surface area contributed by atoms with Crippen LogP contribution in [0.2, 0.25) is 10.0 Å². The molecular formula is C23H16Cl2N4O3. The third kappa shape index (κ3) is 4.64. The van der Waals surface area contributed by atoms with Gasteiger partial charge in [-0.25, -0.2) is 5.43 Å². The van der Waals surface area contributed by atoms with Crippen molar-refractivity contribution in [3.8, 4) is 0 Å². The number of carbonyl (C=O) groups excluding carboxylic acids is 1. The smallest absolute Gasteiger partial charge is 0.271 e. The fourth-order valence-electron chi connectivity index (χ4n) is 3.33. The number of nitrogens with one attached hydrogen (secondary N) is 1. The van der Waals surface area contributed by atoms with Crippen LogP contribution in [0.15, 0.2) is 78.0 Å². The maximum Gasteiger partial charge on any atom is 0.271 e. The molecule has 0 saturated carbocycles. The van der Waals surface area contributed by atoms with E-state index in [0.717, 1.165) is 22.0 Å². The first kappa shape index (κ1) is 21.5. The standard InChI is InChI=1S/C23H16Cl2N4O3/c24-20-9-8-15(10-21(20)25)13-28-14-17(19-6-1-2-7-22(19)28)12-26-27-23(30)16-4-3-5-18(11-16)29(31)32/h1-12,14H,13H2,(H,27,30). The van der Waals surface area contributed by atoms with E-state index in [9.17, 15) is 14.9 Å². The molecule has 4 aromatic rings. The number of halogens is 2. The van der Waals surface area contributed by atoms with E-state index in [1.54, 1.807) is 12.3 Å². The van der Waals surface area contributed by atoms with E-state index in [4.69, 9.17) is 23.2 Å². The van der Waals surface area contributed by atoms with Gasteiger partial charge in [-0.3, -0.25) is 14.9 Å². The van der Waals surface area contributed by atoms with Crippen LogP contribution in [0.4, 0.5) is 5.69 Å². The van der Waals surface area contributed by atoms with Crippen molar-refractivity contribution in [3.63, 3.8) is 0 Å². The van der Waals surface area contributed by atoms with Crippen molar-refractivity contribution >= 4 is 51.9 Å². The average molecular weight is 467 g/mol. The fraction of sp³-hybridized carbons (Fsp3) is 0.0435. The summed E-state index contributed by atoms with van der Waals surface area (Å²) in [5, 5.41) is 16.9. The third-order valence-electron chi connectivity index (χ3n) is 4.85. The quantitative estimate of drug-likeness (QED) is 0.225. The monoisotopic (exact) mass is 466 g/mol. The topological polar surface area (TPSA) is 89.5 Å². The lowest BCUT2D eigenvalue weighted by molar-refractivity contribution is -0.384. The molecule has 0 bridgehead atoms. The van der Waals surface area contributed by atoms with Gasteiger partial charge in [0, 0.05) is 46.9 Å². The number of hydrogen-bond donors (Lipinski definition) is 1. The van der Waals surface area contributed by atoms with Gasteiger partial charge in [0.1, 0.15) is 0 Å². The number of nitrogens with zero attached hydrogens (tertiary/aromatic N) is 3. The molecule has 1 aromatic heterocycles. The van der Waals surface area contributed by atoms with Crippen molar-refractivity contribution in [2.75, 3.05) is 0 Å². The van der Waals surface area contributed by atoms with Crippen molar-refractivity contribution < 1.29 is 9.72 Å². The Bertz CT molecular complexity index is 1360. The number of rotatable bonds is 6. The number of aromatic nitrogens is 1. The van der Waals surface area contributed by atoms with E-state index < -0.39 is 10.8 Å². The highest BCUT2D eigenvalue weighted by Crippen LogP contribution is 2.25. The number of benzene rings is 3. The molecule has 0 aliphatic rings. The van der Waals surface area contributed by atoms with Gasteiger partial charge in [0.05, 0.1) is 21.2 Å². The van der Waals surface area contributed by atoms with E-state index in [-0.39, 0.29) is 11.3 Å². The molecule has 1 N–H and O–H groups in total. The first-order chi connectivity index (χ1) is 15.4. The SMILES string of the molecule is O=C(NN=Cc1cn(Cc2ccc(Cl)c(Cl)c2)c2ccccc12)c1cccc([N+](=O)[O-])c1. The summed E-state index contributed by atoms with van der Waals surface area (Å²) in [5.74, 6) is -0.538. The van der Waals surface area contributed by atoms with Gasteiger partial charge in [0.2, 0.25) is 0 Å². The first-order valence-corrected chi connectivity index (χ1v) is 10.3. The minimum atomic E-state index is -0.553. The van der Waals surface area contributed by atoms with Gasteiger partial charge in [0.25, 0.3) is 11.6 Å². The molecule has 160 valence electrons. The summed E-state index contributed by atoms with van der Waals surface area (Å²) in [6.45, 7) is 0.575. The van der Waals surface area contributed by atoms with Crippen LogP contribution >= 0.6 is 23.2 Å². The minimum Gasteiger partial charge on any atom is -0.342 e. The van der Waals surface area contributed by atoms with Crippen LogP contribution in [0.1, 0.15) is 21.5 Å². The molecule has 0 unspecified atom stereocenters. The molecule has 0 aliphatic heterocycles. The molecule has 9 heteroatoms. The zero-order valence-corrected chi connectivity index (χ0v) is 18.0. The Hall–Kier alpha value is -3.68. The maximum atomic E-state index is 12.3. The Morgan fingerprint density at radius 3 is 2.66 bits per heavy atom. The summed E-state index contributed by atoms with van der Waals surface area (Å²) in [6.07, 6.45) is 3.47. The molecule has 0 saturated heterocycles. The molecule has 0 fully saturated rings. The largest absolute Gasteiger partial charge is 0.342 e. The van der Waals surface area contributed by atoms with Crippen molar-refractivity contribution in [1.82, 2.24) is 9.99 Å². The highest BCUT2D eigenvalue weighted by molar-refractivity contribution is 6.42. The Balaban J connectivity index is 1.56. The van der Waals surface area contributed by atoms with Crippen LogP contribution in [0.25, 0.3) is 10.9 Å². The summed E-state index contributed by atoms with van der Waals surface area (Å²) in [5.41, 5.74) is 5.19. The Kier molecular flexibility index (Phi) is 6.20. The molecular weight excluding hydrogens is 451 g/mol. The number of hydrogen-bond acceptors (Lipinski definition) is 4. The number of para-hydroxylation sites is 1. The molecule has 7 nitrogen and oxygen atoms in total. The van der Waals surface area contributed by atoms with E-state index in [2.05, 4.69) is 15.1 Å². The molecule has 32 heavy (non-hydrogen) atoms. The predicted octanol–water partition coefficient (Wildman–Crippen LogP) is 5.67. The highest BCUT2D eigenvalue weighted by atomic mass is 35.5. The first-order valence-electron chi connectivity index (χ1n) is 9.52. The average Bonchev–Trinajstić information content (AvgIpc) is 3.14. The van der Waals surface area contributed by atoms with Gasteiger partial charge in [-0.15, -0.1) is 0 Å². The van der Waals surface area contributed by atoms with Crippen LogP contribution < -0.4 is 5.43 Å². The van der Waals surface area contributed by atoms with Gasteiger partial charge in [-0.1, -0.05) is 53.5 Å². The maximum absolute atomic E-state index is 12.3. The van der Waals surface area contributed by atoms with Crippen molar-refractivity contribution in [2.45, 2.75) is 6.54 Å². The van der Waals surface area contributed by atoms with Gasteiger partial charge in [-0.05, 0) is 29.8 Å². The fourth-order valence-corrected chi connectivity index (χ4v) is 3.65. The summed E-state index contributed by atoms with van der Waals surface area (Å²) in [4.78, 5) is 22.6. The van der Waals surface area contributed by atoms with E-state index in [1.807, 2.05) is 42.6 Å². The number of non-ortho nitro benzene ring substituents is 1. The Morgan fingerprint density at radius 2 is 1.88 bits per heavy atom. The van der Waals surface area contributed by atoms with E-state index >= 15 is 0 Å². The second-order valence-corrected chi connectivity index (χ2v) is 7.80. The van der Waals surface area contributed by atoms with Crippen LogP contribution in [-0.4, -0.2) is 21.6 Å². The van der Waals surface area contributed by atoms with Crippen LogP contribution in [-0.2, 0) is 6.54 Å². The zero-order chi connectivity index (χ0) is 22.7. The second-order valence-electron chi connectivity index (χ2n) is 6.98. The van der Waals surface area contributed by atoms with E-state index in [0.29, 0.717) is 16.6 Å². The Morgan fingerprint density at radius 1 is 1.06 bits per heavy atom. The summed E-state index contributed by atoms with van der Waals surface area (Å²) in [7, 11) is 0. The summed E-state index contributed by atoms with van der Waals surface area (Å²) in [6, 6.07) is 18.8. The van der Waals surface area contributed by atoms with Gasteiger partial charge < -0.3 is 4.57 Å². The highest BCUT2D eigenvalue weighted by Gasteiger charge is 2.11. The molecule has 0 aliphatic carbocycles. The molecule has 1 heterocycles. The lowest BCUT2D eigenvalue weighted by Gasteiger charge is -2.06. The minimum absolute atomic E-state index is 0.151. The molecule has 1 amide bonds. The zero-order valence-electron chi connectivity index (χ0n) is 16.5. The number of fused-ring (bicyclic) bond motifs is 1. The molecule has 3 aromatic carbocycles. The number of amides is 1. The lowest BCUT2D eigenvalue weighted by atomic mass is 10.2. The molecule has 0 radical (unpaired) electrons. The normalized spacial score (nSPS) is 11.2. The second kappa shape index (κ2) is 9.21. The van der Waals surface area contributed by atoms with Gasteiger partial charge in [-0.2, -0.15) is 5.10 Å². The number of nitro groups is 1. The van der Waals surface area contributed by atoms with Crippen LogP contribution in [0.3, 0.4) is 0 Å². The van der Waals surface area contributed by atoms with Crippen molar-refractivity contribution in [1.29, 1.82) is 0 Å². The number of hydrazone groups is 1. The van der Waals surface area contributed by atoms with Crippen molar-refractivity contribution in [3.05, 3.63) is 110 Å². The molecule has 4 rings (SSSR count). The number of carbonyl (C=O) groups is 1. The van der Waals surface area contributed by atoms with Gasteiger partial charge in [0.15, 0.2) is 0 Å². The molecule has 0 spiro atoms. The van der Waals surface area contributed by atoms with E-state index in [1.165, 1.54) is 24.3 Å². The van der Waals surface area contributed by atoms with Crippen LogP contribution in [0, 0.1) is 10.1 Å². The predicted molar refractivity (Wildman–Crippen MR) is 126 cm³/mol. The third-order valence-corrected chi connectivity index (χ3v) is 5.58. The lowest BCUT2D eigenvalue weighted by Crippen LogP contribution is -2.17. The number of nitro benzene ring substituents is 1. The molecule has 0 atom stereocenters. The van der Waals surface area contributed by atoms with Gasteiger partial charge >= 0.3 is 0 Å². The van der Waals surface area contributed by atoms with Crippen molar-refractivity contribution in [2.24, 2.45) is 5.10 Å². The van der Waals surface area contributed by atoms with Crippen LogP contribution in [0.5, 0.6) is 0 Å². The Labute approximate surface area is 193 Å².